The topological polar surface area (TPSA) is 114 Å². The summed E-state index contributed by atoms with van der Waals surface area (Å²) < 4.78 is 1.08. The fraction of sp³-hybridized carbons (Fsp3) is 0.152. The molecule has 0 bridgehead atoms. The van der Waals surface area contributed by atoms with E-state index in [0.717, 1.165) is 36.8 Å². The molecule has 1 aromatic heterocycles. The summed E-state index contributed by atoms with van der Waals surface area (Å²) >= 11 is 1.57. The Morgan fingerprint density at radius 1 is 1.00 bits per heavy atom. The van der Waals surface area contributed by atoms with Crippen LogP contribution in [0.4, 0.5) is 11.4 Å². The second-order valence-electron chi connectivity index (χ2n) is 10.4. The lowest BCUT2D eigenvalue weighted by molar-refractivity contribution is -0.384. The van der Waals surface area contributed by atoms with Crippen molar-refractivity contribution in [3.63, 3.8) is 0 Å². The molecule has 1 aliphatic rings. The maximum absolute atomic E-state index is 13.9. The number of nitrogens with zero attached hydrogens (tertiary/aromatic N) is 4. The second-order valence-corrected chi connectivity index (χ2v) is 11.5. The van der Waals surface area contributed by atoms with Crippen molar-refractivity contribution >= 4 is 50.6 Å². The van der Waals surface area contributed by atoms with Crippen LogP contribution in [0.2, 0.25) is 0 Å². The molecule has 1 aliphatic heterocycles. The van der Waals surface area contributed by atoms with Gasteiger partial charge in [0.1, 0.15) is 11.0 Å². The predicted octanol–water partition coefficient (Wildman–Crippen LogP) is 6.72. The van der Waals surface area contributed by atoms with Gasteiger partial charge in [0.15, 0.2) is 0 Å². The fourth-order valence-electron chi connectivity index (χ4n) is 5.39. The van der Waals surface area contributed by atoms with E-state index in [-0.39, 0.29) is 17.7 Å². The number of carbonyl (C=O) groups is 3. The molecule has 1 fully saturated rings. The van der Waals surface area contributed by atoms with E-state index in [4.69, 9.17) is 4.98 Å². The number of benzene rings is 4. The number of imide groups is 1. The molecule has 0 spiro atoms. The number of aryl methyl sites for hydroxylation is 1. The van der Waals surface area contributed by atoms with Gasteiger partial charge in [-0.15, -0.1) is 11.3 Å². The highest BCUT2D eigenvalue weighted by Crippen LogP contribution is 2.35. The number of hydrogen-bond acceptors (Lipinski definition) is 7. The Morgan fingerprint density at radius 3 is 2.47 bits per heavy atom. The van der Waals surface area contributed by atoms with E-state index in [1.807, 2.05) is 61.5 Å². The zero-order valence-corrected chi connectivity index (χ0v) is 24.2. The summed E-state index contributed by atoms with van der Waals surface area (Å²) in [6.45, 7) is 3.81. The van der Waals surface area contributed by atoms with Crippen molar-refractivity contribution in [2.24, 2.45) is 0 Å². The minimum absolute atomic E-state index is 0.0612. The first-order chi connectivity index (χ1) is 20.7. The Bertz CT molecular complexity index is 1890. The van der Waals surface area contributed by atoms with Gasteiger partial charge >= 0.3 is 0 Å². The van der Waals surface area contributed by atoms with Gasteiger partial charge in [0.2, 0.25) is 5.91 Å². The predicted molar refractivity (Wildman–Crippen MR) is 165 cm³/mol. The summed E-state index contributed by atoms with van der Waals surface area (Å²) in [6.07, 6.45) is -0.213. The number of nitro benzene ring substituents is 1. The van der Waals surface area contributed by atoms with E-state index in [1.165, 1.54) is 29.2 Å². The van der Waals surface area contributed by atoms with E-state index in [0.29, 0.717) is 5.69 Å². The monoisotopic (exact) mass is 590 g/mol. The molecule has 0 saturated carbocycles. The summed E-state index contributed by atoms with van der Waals surface area (Å²) in [4.78, 5) is 59.2. The molecule has 5 aromatic rings. The Kier molecular flexibility index (Phi) is 7.29. The quantitative estimate of drug-likeness (QED) is 0.118. The van der Waals surface area contributed by atoms with Crippen molar-refractivity contribution in [1.82, 2.24) is 9.88 Å². The summed E-state index contributed by atoms with van der Waals surface area (Å²) in [5.74, 6) is -1.54. The van der Waals surface area contributed by atoms with Crippen molar-refractivity contribution in [2.45, 2.75) is 32.4 Å². The number of fused-ring (bicyclic) bond motifs is 1. The molecule has 6 rings (SSSR count). The van der Waals surface area contributed by atoms with E-state index in [1.54, 1.807) is 30.4 Å². The number of aromatic nitrogens is 1. The molecule has 2 unspecified atom stereocenters. The number of nitro groups is 1. The van der Waals surface area contributed by atoms with Gasteiger partial charge in [-0.3, -0.25) is 24.5 Å². The van der Waals surface area contributed by atoms with Gasteiger partial charge in [-0.25, -0.2) is 9.88 Å². The number of carbonyl (C=O) groups excluding carboxylic acids is 3. The van der Waals surface area contributed by atoms with Gasteiger partial charge < -0.3 is 4.90 Å². The fourth-order valence-corrected chi connectivity index (χ4v) is 6.46. The molecular formula is C33H26N4O5S. The molecule has 0 aliphatic carbocycles. The van der Waals surface area contributed by atoms with Crippen LogP contribution >= 0.6 is 11.3 Å². The first kappa shape index (κ1) is 27.9. The molecule has 0 N–H and O–H groups in total. The van der Waals surface area contributed by atoms with Crippen LogP contribution in [0.1, 0.15) is 40.9 Å². The minimum atomic E-state index is -1.10. The average Bonchev–Trinajstić information content (AvgIpc) is 3.57. The van der Waals surface area contributed by atoms with Crippen LogP contribution in [-0.2, 0) is 9.59 Å². The minimum Gasteiger partial charge on any atom is -0.319 e. The van der Waals surface area contributed by atoms with Crippen molar-refractivity contribution in [1.29, 1.82) is 0 Å². The van der Waals surface area contributed by atoms with Crippen molar-refractivity contribution in [3.05, 3.63) is 124 Å². The standard InChI is InChI=1S/C33H26N4O5S/c1-20-11-16-27-29(17-20)43-31(34-27)23-12-14-25(15-13-23)36-30(38)19-28(33(36)40)35(21(2)22-7-4-3-5-8-22)32(39)24-9-6-10-26(18-24)37(41)42/h3-18,21,28H,19H2,1-2H3. The van der Waals surface area contributed by atoms with Gasteiger partial charge in [-0.05, 0) is 67.4 Å². The van der Waals surface area contributed by atoms with Crippen LogP contribution in [0, 0.1) is 17.0 Å². The molecule has 3 amide bonds. The van der Waals surface area contributed by atoms with Crippen LogP contribution in [0.15, 0.2) is 97.1 Å². The summed E-state index contributed by atoms with van der Waals surface area (Å²) in [6, 6.07) is 26.0. The lowest BCUT2D eigenvalue weighted by Crippen LogP contribution is -2.46. The first-order valence-electron chi connectivity index (χ1n) is 13.7. The third-order valence-corrected chi connectivity index (χ3v) is 8.68. The summed E-state index contributed by atoms with van der Waals surface area (Å²) in [5.41, 5.74) is 3.90. The number of amides is 3. The second kappa shape index (κ2) is 11.2. The molecule has 214 valence electrons. The number of hydrogen-bond donors (Lipinski definition) is 0. The molecule has 2 heterocycles. The highest BCUT2D eigenvalue weighted by molar-refractivity contribution is 7.21. The Balaban J connectivity index is 1.32. The molecule has 0 radical (unpaired) electrons. The Hall–Kier alpha value is -5.22. The van der Waals surface area contributed by atoms with E-state index < -0.39 is 34.7 Å². The third-order valence-electron chi connectivity index (χ3n) is 7.61. The zero-order chi connectivity index (χ0) is 30.2. The van der Waals surface area contributed by atoms with Crippen LogP contribution in [0.3, 0.4) is 0 Å². The molecule has 10 heteroatoms. The van der Waals surface area contributed by atoms with Crippen LogP contribution in [0.25, 0.3) is 20.8 Å². The Labute approximate surface area is 251 Å². The molecule has 4 aromatic carbocycles. The van der Waals surface area contributed by atoms with Gasteiger partial charge in [-0.1, -0.05) is 42.5 Å². The maximum Gasteiger partial charge on any atom is 0.270 e. The maximum atomic E-state index is 13.9. The van der Waals surface area contributed by atoms with Gasteiger partial charge in [0, 0.05) is 23.3 Å². The highest BCUT2D eigenvalue weighted by atomic mass is 32.1. The van der Waals surface area contributed by atoms with Crippen molar-refractivity contribution in [2.75, 3.05) is 4.90 Å². The van der Waals surface area contributed by atoms with E-state index in [2.05, 4.69) is 6.07 Å². The largest absolute Gasteiger partial charge is 0.319 e. The van der Waals surface area contributed by atoms with Gasteiger partial charge in [0.25, 0.3) is 17.5 Å². The molecule has 43 heavy (non-hydrogen) atoms. The van der Waals surface area contributed by atoms with E-state index in [9.17, 15) is 24.5 Å². The van der Waals surface area contributed by atoms with E-state index >= 15 is 0 Å². The highest BCUT2D eigenvalue weighted by Gasteiger charge is 2.46. The van der Waals surface area contributed by atoms with Crippen LogP contribution in [-0.4, -0.2) is 38.6 Å². The smallest absolute Gasteiger partial charge is 0.270 e. The average molecular weight is 591 g/mol. The normalized spacial score (nSPS) is 15.6. The molecule has 9 nitrogen and oxygen atoms in total. The number of anilines is 1. The summed E-state index contributed by atoms with van der Waals surface area (Å²) in [7, 11) is 0. The third kappa shape index (κ3) is 5.28. The summed E-state index contributed by atoms with van der Waals surface area (Å²) in [5, 5.41) is 12.2. The molecular weight excluding hydrogens is 564 g/mol. The SMILES string of the molecule is Cc1ccc2nc(-c3ccc(N4C(=O)CC(N(C(=O)c5cccc([N+](=O)[O-])c5)C(C)c5ccccc5)C4=O)cc3)sc2c1. The molecule has 1 saturated heterocycles. The van der Waals surface area contributed by atoms with Crippen LogP contribution in [0.5, 0.6) is 0 Å². The van der Waals surface area contributed by atoms with Crippen molar-refractivity contribution in [3.8, 4) is 10.6 Å². The molecule has 2 atom stereocenters. The lowest BCUT2D eigenvalue weighted by Gasteiger charge is -2.33. The van der Waals surface area contributed by atoms with Gasteiger partial charge in [-0.2, -0.15) is 0 Å². The zero-order valence-electron chi connectivity index (χ0n) is 23.3. The number of non-ortho nitro benzene ring substituents is 1. The number of rotatable bonds is 7. The first-order valence-corrected chi connectivity index (χ1v) is 14.5. The number of thiazole rings is 1. The van der Waals surface area contributed by atoms with Crippen molar-refractivity contribution < 1.29 is 19.3 Å². The lowest BCUT2D eigenvalue weighted by atomic mass is 10.0. The van der Waals surface area contributed by atoms with Gasteiger partial charge in [0.05, 0.1) is 33.3 Å². The Morgan fingerprint density at radius 2 is 1.74 bits per heavy atom. The van der Waals surface area contributed by atoms with Crippen LogP contribution < -0.4 is 4.90 Å².